The summed E-state index contributed by atoms with van der Waals surface area (Å²) in [5.74, 6) is -0.396. The number of aliphatic carboxylic acids is 1. The molecule has 15 atom stereocenters. The first-order valence-electron chi connectivity index (χ1n) is 19.2. The van der Waals surface area contributed by atoms with Crippen LogP contribution < -0.4 is 5.32 Å². The van der Waals surface area contributed by atoms with Crippen LogP contribution in [0.5, 0.6) is 0 Å². The summed E-state index contributed by atoms with van der Waals surface area (Å²) in [6.45, 7) is 6.21. The number of carbonyl (C=O) groups excluding carboxylic acids is 4. The molecule has 10 nitrogen and oxygen atoms in total. The van der Waals surface area contributed by atoms with Crippen molar-refractivity contribution in [2.24, 2.45) is 82.9 Å². The van der Waals surface area contributed by atoms with Crippen molar-refractivity contribution < 1.29 is 38.6 Å². The number of carbonyl (C=O) groups is 5. The molecule has 8 rings (SSSR count). The average molecular weight is 667 g/mol. The van der Waals surface area contributed by atoms with Crippen LogP contribution in [0.4, 0.5) is 0 Å². The van der Waals surface area contributed by atoms with E-state index in [4.69, 9.17) is 9.47 Å². The van der Waals surface area contributed by atoms with Gasteiger partial charge in [-0.3, -0.25) is 34.2 Å². The molecule has 10 heteroatoms. The number of rotatable bonds is 12. The van der Waals surface area contributed by atoms with Crippen molar-refractivity contribution in [3.8, 4) is 0 Å². The number of amides is 4. The van der Waals surface area contributed by atoms with E-state index in [2.05, 4.69) is 12.2 Å². The van der Waals surface area contributed by atoms with Gasteiger partial charge >= 0.3 is 5.97 Å². The summed E-state index contributed by atoms with van der Waals surface area (Å²) in [4.78, 5) is 67.9. The highest BCUT2D eigenvalue weighted by Gasteiger charge is 2.59. The fourth-order valence-corrected chi connectivity index (χ4v) is 12.6. The Hall–Kier alpha value is -2.33. The van der Waals surface area contributed by atoms with Crippen molar-refractivity contribution >= 4 is 29.6 Å². The summed E-state index contributed by atoms with van der Waals surface area (Å²) in [5.41, 5.74) is 0. The Labute approximate surface area is 283 Å². The van der Waals surface area contributed by atoms with Crippen molar-refractivity contribution in [3.05, 3.63) is 0 Å². The standard InChI is InChI=1S/C38H54N2O8/c1-18-20-9-29(33(10-20)38(45)46)25(18)12-28-21-8-22(15-47-16-24-17-48-24)27(11-21)30(28)14-32-31(34(41)39-35(32)42)13-26-19(2)36(43)40(37(26)44)23-6-4-3-5-7-23/h18-33H,3-17H2,1-2H3,(H,45,46)(H,39,41,42). The number of epoxide rings is 1. The number of carboxylic acids is 1. The number of nitrogens with one attached hydrogen (secondary N) is 1. The van der Waals surface area contributed by atoms with Crippen molar-refractivity contribution in [2.75, 3.05) is 19.8 Å². The Morgan fingerprint density at radius 1 is 0.812 bits per heavy atom. The molecular weight excluding hydrogens is 612 g/mol. The minimum Gasteiger partial charge on any atom is -0.481 e. The van der Waals surface area contributed by atoms with Gasteiger partial charge in [0.25, 0.3) is 0 Å². The Balaban J connectivity index is 1.01. The number of ether oxygens (including phenoxy) is 2. The third-order valence-corrected chi connectivity index (χ3v) is 15.2. The van der Waals surface area contributed by atoms with Gasteiger partial charge in [0.05, 0.1) is 36.9 Å². The van der Waals surface area contributed by atoms with Crippen LogP contribution in [0, 0.1) is 82.9 Å². The second kappa shape index (κ2) is 12.8. The van der Waals surface area contributed by atoms with Crippen LogP contribution in [-0.4, -0.2) is 71.6 Å². The summed E-state index contributed by atoms with van der Waals surface area (Å²) in [6, 6.07) is -0.0459. The highest BCUT2D eigenvalue weighted by atomic mass is 16.6. The monoisotopic (exact) mass is 666 g/mol. The van der Waals surface area contributed by atoms with Crippen LogP contribution in [0.2, 0.25) is 0 Å². The molecule has 0 aromatic rings. The van der Waals surface area contributed by atoms with Gasteiger partial charge in [0.15, 0.2) is 0 Å². The molecule has 8 aliphatic rings. The molecule has 3 saturated heterocycles. The van der Waals surface area contributed by atoms with E-state index in [1.807, 2.05) is 6.92 Å². The predicted molar refractivity (Wildman–Crippen MR) is 173 cm³/mol. The Morgan fingerprint density at radius 3 is 2.21 bits per heavy atom. The predicted octanol–water partition coefficient (Wildman–Crippen LogP) is 4.30. The molecule has 0 spiro atoms. The topological polar surface area (TPSA) is 143 Å². The normalized spacial score (nSPS) is 46.7. The van der Waals surface area contributed by atoms with Gasteiger partial charge in [-0.1, -0.05) is 33.1 Å². The lowest BCUT2D eigenvalue weighted by Crippen LogP contribution is -2.42. The molecule has 3 heterocycles. The first kappa shape index (κ1) is 32.9. The molecule has 48 heavy (non-hydrogen) atoms. The van der Waals surface area contributed by atoms with Gasteiger partial charge in [-0.15, -0.1) is 0 Å². The Bertz CT molecular complexity index is 1330. The van der Waals surface area contributed by atoms with Crippen LogP contribution in [0.1, 0.15) is 90.9 Å². The minimum absolute atomic E-state index is 0.0459. The quantitative estimate of drug-likeness (QED) is 0.232. The maximum absolute atomic E-state index is 13.8. The highest BCUT2D eigenvalue weighted by Crippen LogP contribution is 2.63. The zero-order chi connectivity index (χ0) is 33.4. The van der Waals surface area contributed by atoms with Gasteiger partial charge in [0.1, 0.15) is 6.10 Å². The molecule has 4 amide bonds. The van der Waals surface area contributed by atoms with Gasteiger partial charge in [-0.25, -0.2) is 0 Å². The lowest BCUT2D eigenvalue weighted by molar-refractivity contribution is -0.145. The van der Waals surface area contributed by atoms with Crippen molar-refractivity contribution in [3.63, 3.8) is 0 Å². The van der Waals surface area contributed by atoms with Crippen LogP contribution in [0.15, 0.2) is 0 Å². The molecule has 4 bridgehead atoms. The SMILES string of the molecule is CC1C(=O)N(C2CCCCC2)C(=O)C1CC1C(=O)NC(=O)C1CC1C2CC(CC2COCC2CO2)C1CC1C(C)C2CC(C(=O)O)C1C2. The van der Waals surface area contributed by atoms with E-state index in [0.717, 1.165) is 70.8 Å². The number of carboxylic acid groups (broad SMARTS) is 1. The molecule has 5 aliphatic carbocycles. The summed E-state index contributed by atoms with van der Waals surface area (Å²) < 4.78 is 11.5. The third-order valence-electron chi connectivity index (χ3n) is 15.2. The molecule has 2 N–H and O–H groups in total. The van der Waals surface area contributed by atoms with Crippen LogP contribution >= 0.6 is 0 Å². The molecular formula is C38H54N2O8. The number of fused-ring (bicyclic) bond motifs is 4. The molecule has 5 saturated carbocycles. The number of likely N-dealkylation sites (tertiary alicyclic amines) is 1. The number of imide groups is 2. The van der Waals surface area contributed by atoms with E-state index in [-0.39, 0.29) is 59.9 Å². The maximum Gasteiger partial charge on any atom is 0.306 e. The highest BCUT2D eigenvalue weighted by molar-refractivity contribution is 6.07. The lowest BCUT2D eigenvalue weighted by Gasteiger charge is -2.41. The zero-order valence-corrected chi connectivity index (χ0v) is 28.6. The second-order valence-electron chi connectivity index (χ2n) is 17.3. The van der Waals surface area contributed by atoms with E-state index in [1.54, 1.807) is 0 Å². The minimum atomic E-state index is -0.652. The lowest BCUT2D eigenvalue weighted by atomic mass is 9.63. The third kappa shape index (κ3) is 5.65. The van der Waals surface area contributed by atoms with E-state index in [0.29, 0.717) is 61.1 Å². The number of hydrogen-bond donors (Lipinski definition) is 2. The number of hydrogen-bond acceptors (Lipinski definition) is 7. The molecule has 0 aromatic heterocycles. The number of nitrogens with zero attached hydrogens (tertiary/aromatic N) is 1. The summed E-state index contributed by atoms with van der Waals surface area (Å²) in [7, 11) is 0. The maximum atomic E-state index is 13.8. The summed E-state index contributed by atoms with van der Waals surface area (Å²) in [5, 5.41) is 12.6. The largest absolute Gasteiger partial charge is 0.481 e. The van der Waals surface area contributed by atoms with E-state index in [1.165, 1.54) is 4.90 Å². The van der Waals surface area contributed by atoms with Crippen LogP contribution in [0.3, 0.4) is 0 Å². The average Bonchev–Trinajstić information content (AvgIpc) is 3.35. The van der Waals surface area contributed by atoms with Crippen LogP contribution in [0.25, 0.3) is 0 Å². The fraction of sp³-hybridized carbons (Fsp3) is 0.868. The molecule has 0 radical (unpaired) electrons. The Kier molecular flexibility index (Phi) is 8.74. The van der Waals surface area contributed by atoms with Crippen molar-refractivity contribution in [1.82, 2.24) is 10.2 Å². The van der Waals surface area contributed by atoms with Crippen molar-refractivity contribution in [2.45, 2.75) is 103 Å². The molecule has 15 unspecified atom stereocenters. The molecule has 8 fully saturated rings. The van der Waals surface area contributed by atoms with Gasteiger partial charge in [0.2, 0.25) is 23.6 Å². The molecule has 264 valence electrons. The zero-order valence-electron chi connectivity index (χ0n) is 28.6. The fourth-order valence-electron chi connectivity index (χ4n) is 12.6. The van der Waals surface area contributed by atoms with Crippen LogP contribution in [-0.2, 0) is 33.4 Å². The summed E-state index contributed by atoms with van der Waals surface area (Å²) >= 11 is 0. The first-order chi connectivity index (χ1) is 23.1. The van der Waals surface area contributed by atoms with E-state index in [9.17, 15) is 29.1 Å². The second-order valence-corrected chi connectivity index (χ2v) is 17.3. The van der Waals surface area contributed by atoms with Gasteiger partial charge < -0.3 is 14.6 Å². The Morgan fingerprint density at radius 2 is 1.52 bits per heavy atom. The van der Waals surface area contributed by atoms with Crippen molar-refractivity contribution in [1.29, 1.82) is 0 Å². The van der Waals surface area contributed by atoms with Gasteiger partial charge in [-0.05, 0) is 111 Å². The first-order valence-corrected chi connectivity index (χ1v) is 19.2. The van der Waals surface area contributed by atoms with Gasteiger partial charge in [0, 0.05) is 18.6 Å². The van der Waals surface area contributed by atoms with E-state index < -0.39 is 29.6 Å². The van der Waals surface area contributed by atoms with Gasteiger partial charge in [-0.2, -0.15) is 0 Å². The smallest absolute Gasteiger partial charge is 0.306 e. The molecule has 0 aromatic carbocycles. The summed E-state index contributed by atoms with van der Waals surface area (Å²) in [6.07, 6.45) is 10.9. The molecule has 3 aliphatic heterocycles. The van der Waals surface area contributed by atoms with E-state index >= 15 is 0 Å².